The standard InChI is InChI=1S/C25H28N6O/c1-4-32-23-15-21-19(14-22(23)31-12-10-29(2)11-13-31)25(27-17-26-21)20-16-30(3)28-24(20)18-8-6-5-7-9-18/h5-9,14-17H,4,10-13H2,1-3H3. The zero-order valence-electron chi connectivity index (χ0n) is 18.8. The summed E-state index contributed by atoms with van der Waals surface area (Å²) in [4.78, 5) is 14.1. The van der Waals surface area contributed by atoms with Crippen LogP contribution in [0.1, 0.15) is 6.92 Å². The predicted molar refractivity (Wildman–Crippen MR) is 128 cm³/mol. The van der Waals surface area contributed by atoms with Gasteiger partial charge >= 0.3 is 0 Å². The molecule has 5 rings (SSSR count). The van der Waals surface area contributed by atoms with Crippen LogP contribution in [0.3, 0.4) is 0 Å². The van der Waals surface area contributed by atoms with E-state index in [4.69, 9.17) is 14.8 Å². The van der Waals surface area contributed by atoms with Gasteiger partial charge in [0.15, 0.2) is 0 Å². The highest BCUT2D eigenvalue weighted by atomic mass is 16.5. The SMILES string of the molecule is CCOc1cc2ncnc(-c3cn(C)nc3-c3ccccc3)c2cc1N1CCN(C)CC1. The zero-order valence-corrected chi connectivity index (χ0v) is 18.8. The van der Waals surface area contributed by atoms with Crippen LogP contribution in [-0.2, 0) is 7.05 Å². The predicted octanol–water partition coefficient (Wildman–Crippen LogP) is 3.85. The van der Waals surface area contributed by atoms with Crippen molar-refractivity contribution in [2.45, 2.75) is 6.92 Å². The summed E-state index contributed by atoms with van der Waals surface area (Å²) in [6.07, 6.45) is 3.67. The summed E-state index contributed by atoms with van der Waals surface area (Å²) in [6, 6.07) is 14.5. The fourth-order valence-electron chi connectivity index (χ4n) is 4.32. The van der Waals surface area contributed by atoms with E-state index in [1.165, 1.54) is 0 Å². The van der Waals surface area contributed by atoms with Crippen LogP contribution >= 0.6 is 0 Å². The van der Waals surface area contributed by atoms with Crippen LogP contribution in [0.2, 0.25) is 0 Å². The highest BCUT2D eigenvalue weighted by Crippen LogP contribution is 2.38. The van der Waals surface area contributed by atoms with E-state index in [2.05, 4.69) is 46.1 Å². The van der Waals surface area contributed by atoms with E-state index < -0.39 is 0 Å². The molecule has 0 aliphatic carbocycles. The first-order valence-corrected chi connectivity index (χ1v) is 11.1. The Balaban J connectivity index is 1.68. The lowest BCUT2D eigenvalue weighted by Gasteiger charge is -2.35. The van der Waals surface area contributed by atoms with E-state index in [0.29, 0.717) is 6.61 Å². The first-order valence-electron chi connectivity index (χ1n) is 11.1. The number of nitrogens with zero attached hydrogens (tertiary/aromatic N) is 6. The van der Waals surface area contributed by atoms with E-state index in [9.17, 15) is 0 Å². The van der Waals surface area contributed by atoms with E-state index in [-0.39, 0.29) is 0 Å². The van der Waals surface area contributed by atoms with Crippen molar-refractivity contribution in [3.05, 3.63) is 55.0 Å². The third-order valence-corrected chi connectivity index (χ3v) is 5.99. The highest BCUT2D eigenvalue weighted by Gasteiger charge is 2.22. The number of piperazine rings is 1. The van der Waals surface area contributed by atoms with Crippen molar-refractivity contribution in [3.63, 3.8) is 0 Å². The fraction of sp³-hybridized carbons (Fsp3) is 0.320. The molecule has 1 saturated heterocycles. The molecule has 32 heavy (non-hydrogen) atoms. The number of hydrogen-bond donors (Lipinski definition) is 0. The molecule has 0 saturated carbocycles. The summed E-state index contributed by atoms with van der Waals surface area (Å²) in [7, 11) is 4.11. The molecule has 3 heterocycles. The lowest BCUT2D eigenvalue weighted by molar-refractivity contribution is 0.307. The van der Waals surface area contributed by atoms with Gasteiger partial charge in [-0.3, -0.25) is 4.68 Å². The third-order valence-electron chi connectivity index (χ3n) is 5.99. The smallest absolute Gasteiger partial charge is 0.144 e. The van der Waals surface area contributed by atoms with Gasteiger partial charge in [0.2, 0.25) is 0 Å². The Kier molecular flexibility index (Phi) is 5.49. The molecule has 164 valence electrons. The molecule has 0 unspecified atom stereocenters. The van der Waals surface area contributed by atoms with Crippen molar-refractivity contribution in [1.29, 1.82) is 0 Å². The van der Waals surface area contributed by atoms with E-state index in [0.717, 1.165) is 71.0 Å². The van der Waals surface area contributed by atoms with Crippen molar-refractivity contribution in [2.24, 2.45) is 7.05 Å². The molecule has 1 aliphatic heterocycles. The zero-order chi connectivity index (χ0) is 22.1. The summed E-state index contributed by atoms with van der Waals surface area (Å²) in [6.45, 7) is 6.63. The Morgan fingerprint density at radius 3 is 2.47 bits per heavy atom. The number of rotatable bonds is 5. The number of likely N-dealkylation sites (N-methyl/N-ethyl adjacent to an activating group) is 1. The van der Waals surface area contributed by atoms with Gasteiger partial charge in [0.1, 0.15) is 17.8 Å². The van der Waals surface area contributed by atoms with Crippen LogP contribution in [0.25, 0.3) is 33.4 Å². The van der Waals surface area contributed by atoms with E-state index >= 15 is 0 Å². The molecular formula is C25H28N6O. The molecule has 4 aromatic rings. The first-order chi connectivity index (χ1) is 15.6. The normalized spacial score (nSPS) is 14.8. The topological polar surface area (TPSA) is 59.3 Å². The van der Waals surface area contributed by atoms with E-state index in [1.54, 1.807) is 6.33 Å². The van der Waals surface area contributed by atoms with Crippen molar-refractivity contribution < 1.29 is 4.74 Å². The number of fused-ring (bicyclic) bond motifs is 1. The van der Waals surface area contributed by atoms with Crippen LogP contribution in [0.4, 0.5) is 5.69 Å². The molecule has 1 fully saturated rings. The van der Waals surface area contributed by atoms with Gasteiger partial charge in [-0.05, 0) is 20.0 Å². The lowest BCUT2D eigenvalue weighted by atomic mass is 10.0. The van der Waals surface area contributed by atoms with Crippen LogP contribution in [-0.4, -0.2) is 64.5 Å². The van der Waals surface area contributed by atoms with Gasteiger partial charge < -0.3 is 14.5 Å². The molecule has 7 heteroatoms. The average molecular weight is 429 g/mol. The summed E-state index contributed by atoms with van der Waals surface area (Å²) in [5, 5.41) is 5.76. The van der Waals surface area contributed by atoms with Gasteiger partial charge in [-0.1, -0.05) is 30.3 Å². The quantitative estimate of drug-likeness (QED) is 0.481. The van der Waals surface area contributed by atoms with Crippen LogP contribution in [0.15, 0.2) is 55.0 Å². The number of benzene rings is 2. The van der Waals surface area contributed by atoms with Crippen molar-refractivity contribution >= 4 is 16.6 Å². The Morgan fingerprint density at radius 1 is 0.938 bits per heavy atom. The Bertz CT molecular complexity index is 1230. The van der Waals surface area contributed by atoms with Crippen molar-refractivity contribution in [3.8, 4) is 28.3 Å². The van der Waals surface area contributed by atoms with Crippen LogP contribution in [0.5, 0.6) is 5.75 Å². The monoisotopic (exact) mass is 428 g/mol. The maximum absolute atomic E-state index is 6.04. The molecule has 7 nitrogen and oxygen atoms in total. The molecule has 1 aliphatic rings. The third kappa shape index (κ3) is 3.80. The second-order valence-corrected chi connectivity index (χ2v) is 8.21. The second kappa shape index (κ2) is 8.59. The maximum Gasteiger partial charge on any atom is 0.144 e. The van der Waals surface area contributed by atoms with Gasteiger partial charge in [0.05, 0.1) is 23.5 Å². The number of hydrogen-bond acceptors (Lipinski definition) is 6. The molecule has 0 amide bonds. The largest absolute Gasteiger partial charge is 0.492 e. The molecule has 2 aromatic heterocycles. The summed E-state index contributed by atoms with van der Waals surface area (Å²) >= 11 is 0. The molecule has 0 spiro atoms. The minimum absolute atomic E-state index is 0.616. The van der Waals surface area contributed by atoms with Gasteiger partial charge in [-0.25, -0.2) is 9.97 Å². The molecule has 0 bridgehead atoms. The maximum atomic E-state index is 6.04. The van der Waals surface area contributed by atoms with E-state index in [1.807, 2.05) is 43.0 Å². The number of ether oxygens (including phenoxy) is 1. The van der Waals surface area contributed by atoms with Crippen molar-refractivity contribution in [2.75, 3.05) is 44.7 Å². The lowest BCUT2D eigenvalue weighted by Crippen LogP contribution is -2.44. The minimum atomic E-state index is 0.616. The van der Waals surface area contributed by atoms with Crippen LogP contribution < -0.4 is 9.64 Å². The molecule has 0 atom stereocenters. The number of anilines is 1. The summed E-state index contributed by atoms with van der Waals surface area (Å²) in [5.41, 5.74) is 5.86. The van der Waals surface area contributed by atoms with Crippen molar-refractivity contribution in [1.82, 2.24) is 24.6 Å². The average Bonchev–Trinajstić information content (AvgIpc) is 3.21. The Hall–Kier alpha value is -3.45. The summed E-state index contributed by atoms with van der Waals surface area (Å²) < 4.78 is 7.88. The molecule has 2 aromatic carbocycles. The van der Waals surface area contributed by atoms with Gasteiger partial charge in [-0.2, -0.15) is 5.10 Å². The number of aromatic nitrogens is 4. The molecule has 0 N–H and O–H groups in total. The van der Waals surface area contributed by atoms with Gasteiger partial charge in [0.25, 0.3) is 0 Å². The Morgan fingerprint density at radius 2 is 1.72 bits per heavy atom. The van der Waals surface area contributed by atoms with Crippen LogP contribution in [0, 0.1) is 0 Å². The first kappa shape index (κ1) is 20.5. The Labute approximate surface area is 188 Å². The van der Waals surface area contributed by atoms with Gasteiger partial charge in [0, 0.05) is 62.0 Å². The number of aryl methyl sites for hydroxylation is 1. The molecule has 0 radical (unpaired) electrons. The minimum Gasteiger partial charge on any atom is -0.492 e. The highest BCUT2D eigenvalue weighted by molar-refractivity contribution is 5.98. The van der Waals surface area contributed by atoms with Gasteiger partial charge in [-0.15, -0.1) is 0 Å². The summed E-state index contributed by atoms with van der Waals surface area (Å²) in [5.74, 6) is 0.878. The fourth-order valence-corrected chi connectivity index (χ4v) is 4.32. The molecular weight excluding hydrogens is 400 g/mol. The second-order valence-electron chi connectivity index (χ2n) is 8.21.